The van der Waals surface area contributed by atoms with Crippen molar-refractivity contribution in [2.24, 2.45) is 0 Å². The first-order valence-electron chi connectivity index (χ1n) is 17.1. The standard InChI is InChI=1S/C31H52N8O12/c1-2-3-6-51-30-34-28(32)27-29(35-30)39(31(42)33-27)24-25-23-38(37-36-25)5-8-44-10-12-46-14-16-48-18-20-50-22-21-49-19-17-47-15-13-45-11-9-43-7-4-26(40)41/h23H,2-22,24H2,1H3,(H,33,42)(H,40,41)(H2,32,34,35). The van der Waals surface area contributed by atoms with Gasteiger partial charge in [0.15, 0.2) is 11.5 Å². The van der Waals surface area contributed by atoms with Crippen LogP contribution in [-0.2, 0) is 55.8 Å². The molecule has 3 aromatic rings. The Morgan fingerprint density at radius 1 is 0.765 bits per heavy atom. The number of aromatic nitrogens is 7. The molecule has 0 radical (unpaired) electrons. The van der Waals surface area contributed by atoms with Crippen LogP contribution in [-0.4, -0.2) is 158 Å². The van der Waals surface area contributed by atoms with Gasteiger partial charge in [-0.05, 0) is 6.42 Å². The van der Waals surface area contributed by atoms with Gasteiger partial charge in [-0.25, -0.2) is 9.48 Å². The van der Waals surface area contributed by atoms with Crippen LogP contribution in [0.3, 0.4) is 0 Å². The minimum atomic E-state index is -0.882. The van der Waals surface area contributed by atoms with Crippen molar-refractivity contribution in [2.75, 3.05) is 118 Å². The monoisotopic (exact) mass is 728 g/mol. The number of aliphatic carboxylic acids is 1. The van der Waals surface area contributed by atoms with Crippen LogP contribution in [0.1, 0.15) is 31.9 Å². The van der Waals surface area contributed by atoms with Crippen molar-refractivity contribution in [1.82, 2.24) is 34.5 Å². The number of imidazole rings is 1. The molecule has 0 spiro atoms. The summed E-state index contributed by atoms with van der Waals surface area (Å²) < 4.78 is 52.0. The average Bonchev–Trinajstić information content (AvgIpc) is 3.70. The number of fused-ring (bicyclic) bond motifs is 1. The number of nitrogens with zero attached hydrogens (tertiary/aromatic N) is 6. The lowest BCUT2D eigenvalue weighted by atomic mass is 10.4. The molecule has 288 valence electrons. The van der Waals surface area contributed by atoms with Gasteiger partial charge < -0.3 is 58.5 Å². The van der Waals surface area contributed by atoms with Crippen molar-refractivity contribution in [1.29, 1.82) is 0 Å². The molecule has 0 aliphatic heterocycles. The molecule has 20 nitrogen and oxygen atoms in total. The van der Waals surface area contributed by atoms with Crippen molar-refractivity contribution in [3.05, 3.63) is 22.4 Å². The number of hydrogen-bond acceptors (Lipinski definition) is 16. The van der Waals surface area contributed by atoms with E-state index in [1.807, 2.05) is 0 Å². The third-order valence-electron chi connectivity index (χ3n) is 6.79. The van der Waals surface area contributed by atoms with Crippen LogP contribution in [0, 0.1) is 0 Å². The van der Waals surface area contributed by atoms with E-state index < -0.39 is 5.97 Å². The number of nitrogens with two attached hydrogens (primary N) is 1. The molecule has 51 heavy (non-hydrogen) atoms. The van der Waals surface area contributed by atoms with Crippen LogP contribution in [0.2, 0.25) is 0 Å². The number of unbranched alkanes of at least 4 members (excludes halogenated alkanes) is 1. The normalized spacial score (nSPS) is 11.5. The number of carboxylic acid groups (broad SMARTS) is 1. The van der Waals surface area contributed by atoms with E-state index in [0.29, 0.717) is 129 Å². The fraction of sp³-hybridized carbons (Fsp3) is 0.742. The Kier molecular flexibility index (Phi) is 21.3. The summed E-state index contributed by atoms with van der Waals surface area (Å²) in [5.41, 5.74) is 6.90. The van der Waals surface area contributed by atoms with Gasteiger partial charge in [-0.3, -0.25) is 9.36 Å². The third-order valence-corrected chi connectivity index (χ3v) is 6.79. The largest absolute Gasteiger partial charge is 0.481 e. The fourth-order valence-electron chi connectivity index (χ4n) is 4.19. The minimum Gasteiger partial charge on any atom is -0.481 e. The third kappa shape index (κ3) is 17.8. The molecule has 0 saturated heterocycles. The summed E-state index contributed by atoms with van der Waals surface area (Å²) in [6.45, 7) is 9.87. The second-order valence-corrected chi connectivity index (χ2v) is 10.8. The van der Waals surface area contributed by atoms with Crippen LogP contribution in [0.15, 0.2) is 11.0 Å². The number of carbonyl (C=O) groups is 1. The van der Waals surface area contributed by atoms with E-state index in [1.165, 1.54) is 4.57 Å². The maximum atomic E-state index is 12.6. The molecule has 3 heterocycles. The molecular formula is C31H52N8O12. The fourth-order valence-corrected chi connectivity index (χ4v) is 4.19. The van der Waals surface area contributed by atoms with Crippen molar-refractivity contribution in [3.8, 4) is 6.01 Å². The number of carboxylic acids is 1. The summed E-state index contributed by atoms with van der Waals surface area (Å²) in [5, 5.41) is 16.8. The highest BCUT2D eigenvalue weighted by Gasteiger charge is 2.16. The second-order valence-electron chi connectivity index (χ2n) is 10.8. The van der Waals surface area contributed by atoms with Crippen molar-refractivity contribution < 1.29 is 52.5 Å². The van der Waals surface area contributed by atoms with Crippen LogP contribution < -0.4 is 16.2 Å². The Balaban J connectivity index is 1.09. The molecule has 0 bridgehead atoms. The Morgan fingerprint density at radius 2 is 1.27 bits per heavy atom. The van der Waals surface area contributed by atoms with Gasteiger partial charge in [0.25, 0.3) is 0 Å². The van der Waals surface area contributed by atoms with Crippen LogP contribution in [0.5, 0.6) is 6.01 Å². The average molecular weight is 729 g/mol. The number of anilines is 1. The minimum absolute atomic E-state index is 0.0113. The number of ether oxygens (including phenoxy) is 9. The lowest BCUT2D eigenvalue weighted by Crippen LogP contribution is -2.18. The van der Waals surface area contributed by atoms with E-state index in [0.717, 1.165) is 12.8 Å². The molecule has 0 fully saturated rings. The van der Waals surface area contributed by atoms with Gasteiger partial charge in [0, 0.05) is 0 Å². The van der Waals surface area contributed by atoms with E-state index in [-0.39, 0.29) is 37.1 Å². The first kappa shape index (κ1) is 41.7. The molecule has 0 saturated carbocycles. The Bertz CT molecular complexity index is 1420. The Morgan fingerprint density at radius 3 is 1.78 bits per heavy atom. The Hall–Kier alpha value is -3.76. The molecule has 4 N–H and O–H groups in total. The van der Waals surface area contributed by atoms with Gasteiger partial charge in [0.1, 0.15) is 11.2 Å². The van der Waals surface area contributed by atoms with Crippen molar-refractivity contribution >= 4 is 23.0 Å². The molecule has 0 unspecified atom stereocenters. The topological polar surface area (TPSA) is 241 Å². The molecular weight excluding hydrogens is 676 g/mol. The molecule has 3 aromatic heterocycles. The lowest BCUT2D eigenvalue weighted by Gasteiger charge is -2.08. The predicted octanol–water partition coefficient (Wildman–Crippen LogP) is 0.128. The first-order chi connectivity index (χ1) is 25.0. The van der Waals surface area contributed by atoms with Gasteiger partial charge in [0.05, 0.1) is 138 Å². The molecule has 0 amide bonds. The molecule has 3 rings (SSSR count). The summed E-state index contributed by atoms with van der Waals surface area (Å²) in [5.74, 6) is -0.743. The number of rotatable bonds is 33. The van der Waals surface area contributed by atoms with Gasteiger partial charge in [-0.2, -0.15) is 9.97 Å². The van der Waals surface area contributed by atoms with Gasteiger partial charge >= 0.3 is 17.7 Å². The molecule has 0 atom stereocenters. The number of nitrogens with one attached hydrogen (secondary N) is 1. The van der Waals surface area contributed by atoms with E-state index in [1.54, 1.807) is 10.9 Å². The smallest absolute Gasteiger partial charge is 0.328 e. The van der Waals surface area contributed by atoms with E-state index in [4.69, 9.17) is 53.5 Å². The highest BCUT2D eigenvalue weighted by Crippen LogP contribution is 2.18. The SMILES string of the molecule is CCCCOc1nc(N)c2[nH]c(=O)n(Cc3cn(CCOCCOCCOCCOCCOCCOCCOCCOCCC(=O)O)nn3)c2n1. The van der Waals surface area contributed by atoms with Crippen molar-refractivity contribution in [3.63, 3.8) is 0 Å². The zero-order valence-electron chi connectivity index (χ0n) is 29.3. The molecule has 20 heteroatoms. The second kappa shape index (κ2) is 26.1. The van der Waals surface area contributed by atoms with E-state index in [2.05, 4.69) is 32.2 Å². The summed E-state index contributed by atoms with van der Waals surface area (Å²) in [6.07, 6.45) is 3.55. The number of nitrogen functional groups attached to an aromatic ring is 1. The summed E-state index contributed by atoms with van der Waals surface area (Å²) in [4.78, 5) is 34.1. The van der Waals surface area contributed by atoms with Crippen LogP contribution >= 0.6 is 0 Å². The number of H-pyrrole nitrogens is 1. The maximum Gasteiger partial charge on any atom is 0.328 e. The van der Waals surface area contributed by atoms with Crippen LogP contribution in [0.4, 0.5) is 5.82 Å². The molecule has 0 aliphatic carbocycles. The summed E-state index contributed by atoms with van der Waals surface area (Å²) in [6, 6.07) is 0.124. The van der Waals surface area contributed by atoms with E-state index in [9.17, 15) is 9.59 Å². The highest BCUT2D eigenvalue weighted by molar-refractivity contribution is 5.81. The van der Waals surface area contributed by atoms with Crippen LogP contribution in [0.25, 0.3) is 11.2 Å². The first-order valence-corrected chi connectivity index (χ1v) is 17.1. The Labute approximate surface area is 295 Å². The number of hydrogen-bond donors (Lipinski definition) is 3. The summed E-state index contributed by atoms with van der Waals surface area (Å²) in [7, 11) is 0. The molecule has 0 aromatic carbocycles. The van der Waals surface area contributed by atoms with Gasteiger partial charge in [0.2, 0.25) is 0 Å². The van der Waals surface area contributed by atoms with E-state index >= 15 is 0 Å². The van der Waals surface area contributed by atoms with Gasteiger partial charge in [-0.15, -0.1) is 5.10 Å². The predicted molar refractivity (Wildman–Crippen MR) is 181 cm³/mol. The zero-order chi connectivity index (χ0) is 36.4. The highest BCUT2D eigenvalue weighted by atomic mass is 16.6. The number of aromatic amines is 1. The molecule has 0 aliphatic rings. The lowest BCUT2D eigenvalue weighted by molar-refractivity contribution is -0.138. The maximum absolute atomic E-state index is 12.6. The van der Waals surface area contributed by atoms with Crippen molar-refractivity contribution in [2.45, 2.75) is 39.3 Å². The quantitative estimate of drug-likeness (QED) is 0.0706. The zero-order valence-corrected chi connectivity index (χ0v) is 29.3. The van der Waals surface area contributed by atoms with Gasteiger partial charge in [-0.1, -0.05) is 18.6 Å². The summed E-state index contributed by atoms with van der Waals surface area (Å²) >= 11 is 0.